The molecule has 6 rings (SSSR count). The van der Waals surface area contributed by atoms with E-state index in [1.807, 2.05) is 48.7 Å². The Labute approximate surface area is 220 Å². The van der Waals surface area contributed by atoms with E-state index in [9.17, 15) is 4.79 Å². The molecule has 0 radical (unpaired) electrons. The molecule has 37 heavy (non-hydrogen) atoms. The molecule has 0 saturated heterocycles. The normalized spacial score (nSPS) is 14.8. The molecular formula is C30H26N4O2S. The summed E-state index contributed by atoms with van der Waals surface area (Å²) >= 11 is 1.79. The van der Waals surface area contributed by atoms with Crippen molar-refractivity contribution in [3.05, 3.63) is 77.7 Å². The van der Waals surface area contributed by atoms with Crippen LogP contribution in [0.4, 0.5) is 17.2 Å². The minimum atomic E-state index is -0.287. The molecule has 1 aliphatic carbocycles. The minimum absolute atomic E-state index is 0.112. The van der Waals surface area contributed by atoms with Crippen LogP contribution >= 0.6 is 11.8 Å². The summed E-state index contributed by atoms with van der Waals surface area (Å²) in [4.78, 5) is 22.6. The van der Waals surface area contributed by atoms with Gasteiger partial charge in [-0.3, -0.25) is 4.79 Å². The molecule has 1 amide bonds. The lowest BCUT2D eigenvalue weighted by Crippen LogP contribution is -2.18. The van der Waals surface area contributed by atoms with Crippen molar-refractivity contribution in [3.63, 3.8) is 0 Å². The first-order valence-corrected chi connectivity index (χ1v) is 13.2. The number of aromatic nitrogens is 2. The van der Waals surface area contributed by atoms with Crippen LogP contribution in [-0.2, 0) is 10.2 Å². The number of nitrogens with zero attached hydrogens (tertiary/aromatic N) is 2. The summed E-state index contributed by atoms with van der Waals surface area (Å²) in [6.45, 7) is 4.34. The molecule has 2 aromatic heterocycles. The number of benzene rings is 2. The quantitative estimate of drug-likeness (QED) is 0.246. The van der Waals surface area contributed by atoms with E-state index in [0.29, 0.717) is 16.8 Å². The van der Waals surface area contributed by atoms with Gasteiger partial charge in [-0.2, -0.15) is 0 Å². The predicted octanol–water partition coefficient (Wildman–Crippen LogP) is 6.27. The van der Waals surface area contributed by atoms with Gasteiger partial charge in [0.15, 0.2) is 0 Å². The maximum atomic E-state index is 12.3. The van der Waals surface area contributed by atoms with Gasteiger partial charge in [-0.15, -0.1) is 11.8 Å². The summed E-state index contributed by atoms with van der Waals surface area (Å²) in [5, 5.41) is 8.75. The maximum absolute atomic E-state index is 12.3. The zero-order valence-electron chi connectivity index (χ0n) is 20.9. The number of ether oxygens (including phenoxy) is 1. The van der Waals surface area contributed by atoms with Crippen LogP contribution in [0.5, 0.6) is 5.75 Å². The number of thioether (sulfide) groups is 1. The molecule has 6 nitrogen and oxygen atoms in total. The molecular weight excluding hydrogens is 480 g/mol. The molecule has 4 aromatic rings. The van der Waals surface area contributed by atoms with Gasteiger partial charge in [0.1, 0.15) is 17.3 Å². The van der Waals surface area contributed by atoms with Crippen molar-refractivity contribution in [1.29, 1.82) is 0 Å². The number of nitrogens with one attached hydrogen (secondary N) is 2. The Kier molecular flexibility index (Phi) is 5.77. The van der Waals surface area contributed by atoms with Gasteiger partial charge in [0.25, 0.3) is 0 Å². The third-order valence-corrected chi connectivity index (χ3v) is 7.75. The number of fused-ring (bicyclic) bond motifs is 3. The van der Waals surface area contributed by atoms with E-state index in [0.717, 1.165) is 56.8 Å². The first kappa shape index (κ1) is 23.4. The highest BCUT2D eigenvalue weighted by Gasteiger charge is 2.56. The number of anilines is 3. The van der Waals surface area contributed by atoms with Crippen LogP contribution < -0.4 is 15.4 Å². The molecule has 2 aromatic carbocycles. The van der Waals surface area contributed by atoms with Crippen molar-refractivity contribution in [1.82, 2.24) is 9.97 Å². The van der Waals surface area contributed by atoms with Crippen molar-refractivity contribution in [2.24, 2.45) is 0 Å². The van der Waals surface area contributed by atoms with E-state index < -0.39 is 0 Å². The van der Waals surface area contributed by atoms with Crippen LogP contribution in [0.15, 0.2) is 65.8 Å². The number of hydrogen-bond donors (Lipinski definition) is 2. The SMILES string of the molecule is COc1cc(SC(C)C)ccc1Nc1cc2c(C#Cc3ccc4c(c3)NC(=O)C43CC3)nccc2cn1. The number of carbonyl (C=O) groups excluding carboxylic acids is 1. The van der Waals surface area contributed by atoms with Gasteiger partial charge in [-0.05, 0) is 66.8 Å². The van der Waals surface area contributed by atoms with Gasteiger partial charge < -0.3 is 15.4 Å². The molecule has 0 bridgehead atoms. The zero-order valence-corrected chi connectivity index (χ0v) is 21.7. The average Bonchev–Trinajstić information content (AvgIpc) is 3.65. The van der Waals surface area contributed by atoms with Gasteiger partial charge in [0.2, 0.25) is 5.91 Å². The lowest BCUT2D eigenvalue weighted by molar-refractivity contribution is -0.117. The van der Waals surface area contributed by atoms with Crippen LogP contribution in [0.25, 0.3) is 10.8 Å². The highest BCUT2D eigenvalue weighted by molar-refractivity contribution is 7.99. The molecule has 7 heteroatoms. The Balaban J connectivity index is 1.29. The third-order valence-electron chi connectivity index (χ3n) is 6.75. The highest BCUT2D eigenvalue weighted by Crippen LogP contribution is 2.55. The van der Waals surface area contributed by atoms with Crippen molar-refractivity contribution in [2.45, 2.75) is 42.2 Å². The number of methoxy groups -OCH3 is 1. The van der Waals surface area contributed by atoms with Crippen LogP contribution in [0, 0.1) is 11.8 Å². The Morgan fingerprint density at radius 2 is 1.95 bits per heavy atom. The second-order valence-corrected chi connectivity index (χ2v) is 11.3. The Bertz CT molecular complexity index is 1620. The molecule has 1 saturated carbocycles. The largest absolute Gasteiger partial charge is 0.495 e. The molecule has 1 spiro atoms. The summed E-state index contributed by atoms with van der Waals surface area (Å²) in [6, 6.07) is 16.0. The van der Waals surface area contributed by atoms with E-state index in [2.05, 4.69) is 52.4 Å². The number of amides is 1. The molecule has 184 valence electrons. The van der Waals surface area contributed by atoms with Gasteiger partial charge in [0, 0.05) is 44.6 Å². The maximum Gasteiger partial charge on any atom is 0.235 e. The van der Waals surface area contributed by atoms with E-state index in [1.165, 1.54) is 0 Å². The fourth-order valence-electron chi connectivity index (χ4n) is 4.75. The van der Waals surface area contributed by atoms with Crippen LogP contribution in [0.3, 0.4) is 0 Å². The second kappa shape index (κ2) is 9.13. The summed E-state index contributed by atoms with van der Waals surface area (Å²) in [5.74, 6) is 8.01. The lowest BCUT2D eigenvalue weighted by atomic mass is 9.97. The highest BCUT2D eigenvalue weighted by atomic mass is 32.2. The Morgan fingerprint density at radius 3 is 2.73 bits per heavy atom. The number of pyridine rings is 2. The lowest BCUT2D eigenvalue weighted by Gasteiger charge is -2.13. The van der Waals surface area contributed by atoms with E-state index in [1.54, 1.807) is 25.1 Å². The van der Waals surface area contributed by atoms with Crippen molar-refractivity contribution in [3.8, 4) is 17.6 Å². The number of rotatable bonds is 5. The molecule has 2 aliphatic rings. The van der Waals surface area contributed by atoms with Gasteiger partial charge >= 0.3 is 0 Å². The fourth-order valence-corrected chi connectivity index (χ4v) is 5.62. The molecule has 3 heterocycles. The molecule has 2 N–H and O–H groups in total. The fraction of sp³-hybridized carbons (Fsp3) is 0.233. The van der Waals surface area contributed by atoms with Gasteiger partial charge in [-0.25, -0.2) is 9.97 Å². The summed E-state index contributed by atoms with van der Waals surface area (Å²) < 4.78 is 5.63. The molecule has 0 unspecified atom stereocenters. The molecule has 1 fully saturated rings. The summed E-state index contributed by atoms with van der Waals surface area (Å²) in [7, 11) is 1.67. The van der Waals surface area contributed by atoms with Gasteiger partial charge in [-0.1, -0.05) is 25.8 Å². The zero-order chi connectivity index (χ0) is 25.6. The smallest absolute Gasteiger partial charge is 0.235 e. The molecule has 0 atom stereocenters. The first-order valence-electron chi connectivity index (χ1n) is 12.3. The average molecular weight is 507 g/mol. The number of hydrogen-bond acceptors (Lipinski definition) is 6. The van der Waals surface area contributed by atoms with Crippen LogP contribution in [0.2, 0.25) is 0 Å². The van der Waals surface area contributed by atoms with Crippen molar-refractivity contribution >= 4 is 45.6 Å². The Hall–Kier alpha value is -4.02. The van der Waals surface area contributed by atoms with Gasteiger partial charge in [0.05, 0.1) is 18.2 Å². The minimum Gasteiger partial charge on any atom is -0.495 e. The monoisotopic (exact) mass is 506 g/mol. The topological polar surface area (TPSA) is 76.1 Å². The summed E-state index contributed by atoms with van der Waals surface area (Å²) in [6.07, 6.45) is 5.41. The van der Waals surface area contributed by atoms with Crippen molar-refractivity contribution in [2.75, 3.05) is 17.7 Å². The van der Waals surface area contributed by atoms with E-state index >= 15 is 0 Å². The van der Waals surface area contributed by atoms with E-state index in [4.69, 9.17) is 4.74 Å². The van der Waals surface area contributed by atoms with Crippen LogP contribution in [-0.4, -0.2) is 28.2 Å². The Morgan fingerprint density at radius 1 is 1.08 bits per heavy atom. The first-order chi connectivity index (χ1) is 17.9. The third kappa shape index (κ3) is 4.38. The predicted molar refractivity (Wildman–Crippen MR) is 149 cm³/mol. The molecule has 1 aliphatic heterocycles. The van der Waals surface area contributed by atoms with Crippen molar-refractivity contribution < 1.29 is 9.53 Å². The van der Waals surface area contributed by atoms with E-state index in [-0.39, 0.29) is 11.3 Å². The number of carbonyl (C=O) groups is 1. The second-order valence-electron chi connectivity index (χ2n) is 9.65. The summed E-state index contributed by atoms with van der Waals surface area (Å²) in [5.41, 5.74) is 4.04. The standard InChI is InChI=1S/C30H26N4O2S/c1-18(2)37-21-6-9-25(27(15-21)36-3)33-28-16-22-20(17-32-28)10-13-31-24(22)8-5-19-4-7-23-26(14-19)34-29(35)30(23)11-12-30/h4,6-7,9-10,13-18H,11-12H2,1-3H3,(H,32,33)(H,34,35). The van der Waals surface area contributed by atoms with Crippen LogP contribution in [0.1, 0.15) is 43.5 Å².